The minimum absolute atomic E-state index is 0.0982. The quantitative estimate of drug-likeness (QED) is 0.319. The Balaban J connectivity index is 2.29. The zero-order valence-corrected chi connectivity index (χ0v) is 15.9. The number of nitro benzene ring substituents is 1. The maximum Gasteiger partial charge on any atom is 0.270 e. The van der Waals surface area contributed by atoms with Crippen molar-refractivity contribution in [2.45, 2.75) is 32.4 Å². The molecule has 0 aliphatic carbocycles. The number of halogens is 1. The first-order valence-corrected chi connectivity index (χ1v) is 11.7. The Morgan fingerprint density at radius 3 is 2.61 bits per heavy atom. The van der Waals surface area contributed by atoms with E-state index in [2.05, 4.69) is 35.6 Å². The van der Waals surface area contributed by atoms with E-state index >= 15 is 0 Å². The Morgan fingerprint density at radius 2 is 2.00 bits per heavy atom. The zero-order chi connectivity index (χ0) is 17.2. The first kappa shape index (κ1) is 17.8. The van der Waals surface area contributed by atoms with E-state index in [0.717, 1.165) is 6.04 Å². The van der Waals surface area contributed by atoms with Crippen molar-refractivity contribution in [2.24, 2.45) is 0 Å². The van der Waals surface area contributed by atoms with Crippen LogP contribution in [0.4, 0.5) is 5.69 Å². The summed E-state index contributed by atoms with van der Waals surface area (Å²) in [5, 5.41) is 11.9. The second-order valence-corrected chi connectivity index (χ2v) is 13.1. The molecule has 0 N–H and O–H groups in total. The lowest BCUT2D eigenvalue weighted by Gasteiger charge is -2.16. The van der Waals surface area contributed by atoms with Crippen LogP contribution in [0, 0.1) is 10.1 Å². The Kier molecular flexibility index (Phi) is 5.38. The number of nitrogens with zero attached hydrogens (tertiary/aromatic N) is 2. The fraction of sp³-hybridized carbons (Fsp3) is 0.400. The summed E-state index contributed by atoms with van der Waals surface area (Å²) in [5.74, 6) is 0. The van der Waals surface area contributed by atoms with Crippen molar-refractivity contribution in [2.75, 3.05) is 6.61 Å². The molecule has 0 fully saturated rings. The lowest BCUT2D eigenvalue weighted by atomic mass is 10.1. The highest BCUT2D eigenvalue weighted by Gasteiger charge is 2.14. The molecule has 0 spiro atoms. The topological polar surface area (TPSA) is 74.4 Å². The highest BCUT2D eigenvalue weighted by atomic mass is 79.9. The molecule has 2 rings (SSSR count). The smallest absolute Gasteiger partial charge is 0.270 e. The molecule has 0 atom stereocenters. The number of hydrogen-bond acceptors (Lipinski definition) is 4. The minimum Gasteiger partial charge on any atom is -0.361 e. The molecule has 8 heteroatoms. The zero-order valence-electron chi connectivity index (χ0n) is 13.3. The molecular weight excluding hydrogens is 380 g/mol. The molecule has 0 unspecified atom stereocenters. The maximum absolute atomic E-state index is 12.5. The Bertz CT molecular complexity index is 798. The molecule has 6 nitrogen and oxygen atoms in total. The molecule has 0 aliphatic heterocycles. The van der Waals surface area contributed by atoms with E-state index in [-0.39, 0.29) is 18.0 Å². The van der Waals surface area contributed by atoms with Crippen LogP contribution in [0.15, 0.2) is 33.7 Å². The fourth-order valence-corrected chi connectivity index (χ4v) is 3.44. The van der Waals surface area contributed by atoms with E-state index < -0.39 is 13.0 Å². The number of non-ortho nitro benzene ring substituents is 1. The van der Waals surface area contributed by atoms with Crippen LogP contribution >= 0.6 is 15.9 Å². The summed E-state index contributed by atoms with van der Waals surface area (Å²) >= 11 is 3.41. The molecule has 0 saturated carbocycles. The summed E-state index contributed by atoms with van der Waals surface area (Å²) in [4.78, 5) is 22.9. The Labute approximate surface area is 143 Å². The lowest BCUT2D eigenvalue weighted by Crippen LogP contribution is -2.24. The van der Waals surface area contributed by atoms with Gasteiger partial charge in [-0.3, -0.25) is 19.5 Å². The monoisotopic (exact) mass is 398 g/mol. The molecule has 0 bridgehead atoms. The molecule has 2 aromatic rings. The van der Waals surface area contributed by atoms with Gasteiger partial charge >= 0.3 is 0 Å². The van der Waals surface area contributed by atoms with E-state index in [0.29, 0.717) is 21.9 Å². The van der Waals surface area contributed by atoms with Crippen LogP contribution in [0.3, 0.4) is 0 Å². The van der Waals surface area contributed by atoms with Crippen molar-refractivity contribution in [1.82, 2.24) is 4.57 Å². The minimum atomic E-state index is -1.18. The third-order valence-electron chi connectivity index (χ3n) is 3.46. The van der Waals surface area contributed by atoms with Gasteiger partial charge in [-0.25, -0.2) is 0 Å². The third kappa shape index (κ3) is 4.49. The molecule has 0 radical (unpaired) electrons. The lowest BCUT2D eigenvalue weighted by molar-refractivity contribution is -0.384. The predicted molar refractivity (Wildman–Crippen MR) is 96.7 cm³/mol. The van der Waals surface area contributed by atoms with Gasteiger partial charge in [0.05, 0.1) is 10.3 Å². The fourth-order valence-electron chi connectivity index (χ4n) is 2.09. The van der Waals surface area contributed by atoms with Crippen molar-refractivity contribution >= 4 is 40.5 Å². The molecule has 1 aromatic carbocycles. The summed E-state index contributed by atoms with van der Waals surface area (Å²) in [6.45, 7) is 7.52. The van der Waals surface area contributed by atoms with Crippen molar-refractivity contribution in [3.05, 3.63) is 49.3 Å². The number of nitro groups is 1. The van der Waals surface area contributed by atoms with Crippen molar-refractivity contribution < 1.29 is 9.66 Å². The van der Waals surface area contributed by atoms with Crippen LogP contribution < -0.4 is 5.56 Å². The van der Waals surface area contributed by atoms with E-state index in [1.54, 1.807) is 12.3 Å². The standard InChI is InChI=1S/C15H19BrN2O4Si/c1-23(2,3)7-6-22-10-17-9-14(16)12-5-4-11(18(20)21)8-13(12)15(17)19/h4-5,8-9H,6-7,10H2,1-3H3. The van der Waals surface area contributed by atoms with Crippen molar-refractivity contribution in [3.8, 4) is 0 Å². The number of benzene rings is 1. The van der Waals surface area contributed by atoms with Crippen LogP contribution in [0.25, 0.3) is 10.8 Å². The van der Waals surface area contributed by atoms with E-state index in [1.165, 1.54) is 16.7 Å². The maximum atomic E-state index is 12.5. The molecule has 124 valence electrons. The van der Waals surface area contributed by atoms with Crippen LogP contribution in [0.2, 0.25) is 25.7 Å². The van der Waals surface area contributed by atoms with Gasteiger partial charge in [-0.2, -0.15) is 0 Å². The first-order valence-electron chi connectivity index (χ1n) is 7.24. The molecular formula is C15H19BrN2O4Si. The largest absolute Gasteiger partial charge is 0.361 e. The van der Waals surface area contributed by atoms with E-state index in [9.17, 15) is 14.9 Å². The summed E-state index contributed by atoms with van der Waals surface area (Å²) in [7, 11) is -1.18. The van der Waals surface area contributed by atoms with Gasteiger partial charge < -0.3 is 4.74 Å². The average molecular weight is 399 g/mol. The molecule has 1 heterocycles. The number of pyridine rings is 1. The highest BCUT2D eigenvalue weighted by Crippen LogP contribution is 2.24. The second-order valence-electron chi connectivity index (χ2n) is 6.59. The predicted octanol–water partition coefficient (Wildman–Crippen LogP) is 3.98. The van der Waals surface area contributed by atoms with E-state index in [1.807, 2.05) is 0 Å². The summed E-state index contributed by atoms with van der Waals surface area (Å²) in [5.41, 5.74) is -0.390. The van der Waals surface area contributed by atoms with Gasteiger partial charge in [0.1, 0.15) is 6.73 Å². The van der Waals surface area contributed by atoms with Crippen LogP contribution in [-0.4, -0.2) is 24.2 Å². The van der Waals surface area contributed by atoms with E-state index in [4.69, 9.17) is 4.74 Å². The van der Waals surface area contributed by atoms with Gasteiger partial charge in [-0.05, 0) is 28.0 Å². The van der Waals surface area contributed by atoms with Gasteiger partial charge in [-0.15, -0.1) is 0 Å². The van der Waals surface area contributed by atoms with Crippen LogP contribution in [0.5, 0.6) is 0 Å². The number of aromatic nitrogens is 1. The first-order chi connectivity index (χ1) is 10.7. The van der Waals surface area contributed by atoms with Crippen LogP contribution in [0.1, 0.15) is 0 Å². The third-order valence-corrected chi connectivity index (χ3v) is 5.79. The number of rotatable bonds is 6. The van der Waals surface area contributed by atoms with Gasteiger partial charge in [-0.1, -0.05) is 19.6 Å². The number of ether oxygens (including phenoxy) is 1. The van der Waals surface area contributed by atoms with Gasteiger partial charge in [0.25, 0.3) is 11.2 Å². The van der Waals surface area contributed by atoms with Crippen LogP contribution in [-0.2, 0) is 11.5 Å². The molecule has 23 heavy (non-hydrogen) atoms. The van der Waals surface area contributed by atoms with Gasteiger partial charge in [0.2, 0.25) is 0 Å². The Hall–Kier alpha value is -1.51. The average Bonchev–Trinajstić information content (AvgIpc) is 2.46. The molecule has 1 aromatic heterocycles. The molecule has 0 aliphatic rings. The number of hydrogen-bond donors (Lipinski definition) is 0. The summed E-state index contributed by atoms with van der Waals surface area (Å²) in [6.07, 6.45) is 1.66. The molecule has 0 saturated heterocycles. The number of fused-ring (bicyclic) bond motifs is 1. The summed E-state index contributed by atoms with van der Waals surface area (Å²) in [6, 6.07) is 5.29. The van der Waals surface area contributed by atoms with Gasteiger partial charge in [0, 0.05) is 42.9 Å². The van der Waals surface area contributed by atoms with Crippen molar-refractivity contribution in [1.29, 1.82) is 0 Å². The highest BCUT2D eigenvalue weighted by molar-refractivity contribution is 9.10. The Morgan fingerprint density at radius 1 is 1.30 bits per heavy atom. The normalized spacial score (nSPS) is 11.8. The summed E-state index contributed by atoms with van der Waals surface area (Å²) < 4.78 is 7.74. The van der Waals surface area contributed by atoms with Crippen molar-refractivity contribution in [3.63, 3.8) is 0 Å². The molecule has 0 amide bonds. The SMILES string of the molecule is C[Si](C)(C)CCOCn1cc(Br)c2ccc([N+](=O)[O-])cc2c1=O. The second kappa shape index (κ2) is 6.94. The van der Waals surface area contributed by atoms with Gasteiger partial charge in [0.15, 0.2) is 0 Å².